The third-order valence-electron chi connectivity index (χ3n) is 4.59. The van der Waals surface area contributed by atoms with Crippen molar-refractivity contribution in [3.05, 3.63) is 28.3 Å². The largest absolute Gasteiger partial charge is 0.478 e. The van der Waals surface area contributed by atoms with Crippen LogP contribution in [0.5, 0.6) is 0 Å². The summed E-state index contributed by atoms with van der Waals surface area (Å²) in [5.74, 6) is -1.32. The number of halogens is 1. The van der Waals surface area contributed by atoms with E-state index in [0.717, 1.165) is 19.1 Å². The summed E-state index contributed by atoms with van der Waals surface area (Å²) in [5, 5.41) is 12.1. The molecule has 3 rings (SSSR count). The van der Waals surface area contributed by atoms with Crippen molar-refractivity contribution in [3.8, 4) is 0 Å². The lowest BCUT2D eigenvalue weighted by Gasteiger charge is -2.19. The van der Waals surface area contributed by atoms with E-state index in [9.17, 15) is 23.1 Å². The van der Waals surface area contributed by atoms with Crippen LogP contribution in [0.3, 0.4) is 0 Å². The second-order valence-electron chi connectivity index (χ2n) is 6.69. The second kappa shape index (κ2) is 5.74. The normalized spacial score (nSPS) is 18.9. The van der Waals surface area contributed by atoms with E-state index in [1.165, 1.54) is 12.1 Å². The first-order valence-corrected chi connectivity index (χ1v) is 9.97. The lowest BCUT2D eigenvalue weighted by atomic mass is 9.94. The molecule has 2 fully saturated rings. The topological polar surface area (TPSA) is 101 Å². The zero-order valence-electron chi connectivity index (χ0n) is 13.1. The molecule has 0 atom stereocenters. The number of hydrogen-bond donors (Lipinski definition) is 2. The highest BCUT2D eigenvalue weighted by Crippen LogP contribution is 2.51. The molecule has 0 radical (unpaired) electrons. The molecule has 130 valence electrons. The molecule has 2 saturated carbocycles. The molecule has 0 aliphatic heterocycles. The van der Waals surface area contributed by atoms with Gasteiger partial charge in [0, 0.05) is 12.3 Å². The van der Waals surface area contributed by atoms with Crippen LogP contribution in [0.4, 0.5) is 0 Å². The number of carbonyl (C=O) groups excluding carboxylic acids is 1. The van der Waals surface area contributed by atoms with Crippen LogP contribution < -0.4 is 5.32 Å². The minimum absolute atomic E-state index is 0.0111. The van der Waals surface area contributed by atoms with E-state index >= 15 is 0 Å². The van der Waals surface area contributed by atoms with Crippen molar-refractivity contribution in [1.29, 1.82) is 0 Å². The van der Waals surface area contributed by atoms with Gasteiger partial charge in [-0.25, -0.2) is 13.2 Å². The summed E-state index contributed by atoms with van der Waals surface area (Å²) in [6.07, 6.45) is 4.39. The molecule has 0 heterocycles. The third-order valence-corrected chi connectivity index (χ3v) is 6.21. The summed E-state index contributed by atoms with van der Waals surface area (Å²) in [6, 6.07) is 2.66. The van der Waals surface area contributed by atoms with Crippen molar-refractivity contribution in [2.24, 2.45) is 5.41 Å². The van der Waals surface area contributed by atoms with Crippen molar-refractivity contribution in [1.82, 2.24) is 5.32 Å². The molecule has 1 aromatic carbocycles. The van der Waals surface area contributed by atoms with Gasteiger partial charge in [0.1, 0.15) is 0 Å². The number of carboxylic acids is 1. The van der Waals surface area contributed by atoms with Crippen LogP contribution >= 0.6 is 11.6 Å². The molecular formula is C16H18ClNO5S. The summed E-state index contributed by atoms with van der Waals surface area (Å²) in [4.78, 5) is 23.7. The van der Waals surface area contributed by atoms with Gasteiger partial charge in [0.2, 0.25) is 5.91 Å². The van der Waals surface area contributed by atoms with Crippen LogP contribution in [-0.2, 0) is 21.1 Å². The van der Waals surface area contributed by atoms with Crippen LogP contribution in [0, 0.1) is 5.41 Å². The summed E-state index contributed by atoms with van der Waals surface area (Å²) >= 11 is 6.19. The molecular weight excluding hydrogens is 354 g/mol. The lowest BCUT2D eigenvalue weighted by molar-refractivity contribution is -0.126. The van der Waals surface area contributed by atoms with Gasteiger partial charge in [0.05, 0.1) is 20.9 Å². The molecule has 6 nitrogen and oxygen atoms in total. The monoisotopic (exact) mass is 371 g/mol. The molecule has 24 heavy (non-hydrogen) atoms. The maximum absolute atomic E-state index is 12.5. The van der Waals surface area contributed by atoms with Crippen molar-refractivity contribution in [2.75, 3.05) is 6.26 Å². The van der Waals surface area contributed by atoms with Crippen LogP contribution in [0.2, 0.25) is 5.02 Å². The highest BCUT2D eigenvalue weighted by molar-refractivity contribution is 7.90. The van der Waals surface area contributed by atoms with Gasteiger partial charge in [0.25, 0.3) is 0 Å². The van der Waals surface area contributed by atoms with Crippen LogP contribution in [0.15, 0.2) is 17.0 Å². The van der Waals surface area contributed by atoms with Gasteiger partial charge in [-0.05, 0) is 49.8 Å². The number of benzene rings is 1. The number of carbonyl (C=O) groups is 2. The Kier molecular flexibility index (Phi) is 4.12. The molecule has 1 aromatic rings. The first-order valence-electron chi connectivity index (χ1n) is 7.70. The molecule has 8 heteroatoms. The molecule has 0 unspecified atom stereocenters. The number of nitrogens with one attached hydrogen (secondary N) is 1. The average Bonchev–Trinajstić information content (AvgIpc) is 3.35. The first kappa shape index (κ1) is 17.2. The highest BCUT2D eigenvalue weighted by atomic mass is 35.5. The Labute approximate surface area is 145 Å². The Hall–Kier alpha value is -1.60. The van der Waals surface area contributed by atoms with Gasteiger partial charge in [0.15, 0.2) is 9.84 Å². The van der Waals surface area contributed by atoms with Crippen molar-refractivity contribution in [2.45, 2.75) is 43.0 Å². The molecule has 1 amide bonds. The molecule has 2 N–H and O–H groups in total. The maximum atomic E-state index is 12.5. The smallest absolute Gasteiger partial charge is 0.337 e. The molecule has 0 saturated heterocycles. The quantitative estimate of drug-likeness (QED) is 0.797. The SMILES string of the molecule is CS(=O)(=O)c1ccc(C(=O)O)c(Cl)c1CC1(C(=O)NC2CC2)CC1. The highest BCUT2D eigenvalue weighted by Gasteiger charge is 2.51. The molecule has 2 aliphatic carbocycles. The van der Waals surface area contributed by atoms with E-state index < -0.39 is 21.2 Å². The zero-order valence-corrected chi connectivity index (χ0v) is 14.7. The van der Waals surface area contributed by atoms with E-state index in [1.54, 1.807) is 0 Å². The van der Waals surface area contributed by atoms with Gasteiger partial charge in [-0.1, -0.05) is 11.6 Å². The van der Waals surface area contributed by atoms with Gasteiger partial charge in [-0.2, -0.15) is 0 Å². The van der Waals surface area contributed by atoms with Crippen molar-refractivity contribution < 1.29 is 23.1 Å². The number of carboxylic acid groups (broad SMARTS) is 1. The van der Waals surface area contributed by atoms with Crippen molar-refractivity contribution in [3.63, 3.8) is 0 Å². The fraction of sp³-hybridized carbons (Fsp3) is 0.500. The molecule has 0 aromatic heterocycles. The van der Waals surface area contributed by atoms with Crippen LogP contribution in [0.25, 0.3) is 0 Å². The zero-order chi connectivity index (χ0) is 17.7. The summed E-state index contributed by atoms with van der Waals surface area (Å²) in [7, 11) is -3.59. The Bertz CT molecular complexity index is 825. The van der Waals surface area contributed by atoms with Gasteiger partial charge in [-0.3, -0.25) is 4.79 Å². The average molecular weight is 372 g/mol. The number of amides is 1. The third kappa shape index (κ3) is 3.28. The van der Waals surface area contributed by atoms with E-state index in [-0.39, 0.29) is 39.4 Å². The minimum atomic E-state index is -3.59. The van der Waals surface area contributed by atoms with E-state index in [1.807, 2.05) is 0 Å². The predicted molar refractivity (Wildman–Crippen MR) is 88.1 cm³/mol. The predicted octanol–water partition coefficient (Wildman–Crippen LogP) is 2.04. The number of rotatable bonds is 6. The molecule has 0 spiro atoms. The minimum Gasteiger partial charge on any atom is -0.478 e. The Morgan fingerprint density at radius 2 is 1.96 bits per heavy atom. The number of hydrogen-bond acceptors (Lipinski definition) is 4. The van der Waals surface area contributed by atoms with E-state index in [4.69, 9.17) is 11.6 Å². The number of aromatic carboxylic acids is 1. The first-order chi connectivity index (χ1) is 11.1. The van der Waals surface area contributed by atoms with Crippen LogP contribution in [0.1, 0.15) is 41.6 Å². The van der Waals surface area contributed by atoms with Gasteiger partial charge < -0.3 is 10.4 Å². The Morgan fingerprint density at radius 1 is 1.33 bits per heavy atom. The molecule has 2 aliphatic rings. The second-order valence-corrected chi connectivity index (χ2v) is 9.05. The summed E-state index contributed by atoms with van der Waals surface area (Å²) in [5.41, 5.74) is -0.608. The summed E-state index contributed by atoms with van der Waals surface area (Å²) in [6.45, 7) is 0. The van der Waals surface area contributed by atoms with Crippen LogP contribution in [-0.4, -0.2) is 37.7 Å². The van der Waals surface area contributed by atoms with E-state index in [2.05, 4.69) is 5.32 Å². The number of sulfone groups is 1. The lowest BCUT2D eigenvalue weighted by Crippen LogP contribution is -2.35. The van der Waals surface area contributed by atoms with Gasteiger partial charge >= 0.3 is 5.97 Å². The summed E-state index contributed by atoms with van der Waals surface area (Å²) < 4.78 is 24.1. The fourth-order valence-electron chi connectivity index (χ4n) is 2.82. The van der Waals surface area contributed by atoms with E-state index in [0.29, 0.717) is 12.8 Å². The molecule has 0 bridgehead atoms. The fourth-order valence-corrected chi connectivity index (χ4v) is 4.13. The Balaban J connectivity index is 2.00. The van der Waals surface area contributed by atoms with Gasteiger partial charge in [-0.15, -0.1) is 0 Å². The van der Waals surface area contributed by atoms with Crippen molar-refractivity contribution >= 4 is 33.3 Å². The maximum Gasteiger partial charge on any atom is 0.337 e. The standard InChI is InChI=1S/C16H18ClNO5S/c1-24(22,23)12-5-4-10(14(19)20)13(17)11(12)8-16(6-7-16)15(21)18-9-2-3-9/h4-5,9H,2-3,6-8H2,1H3,(H,18,21)(H,19,20). The Morgan fingerprint density at radius 3 is 2.42 bits per heavy atom.